The van der Waals surface area contributed by atoms with Crippen LogP contribution in [0.25, 0.3) is 0 Å². The van der Waals surface area contributed by atoms with E-state index in [2.05, 4.69) is 9.59 Å². The topological polar surface area (TPSA) is 46.0 Å². The molecule has 0 bridgehead atoms. The standard InChI is InChI=1S/C3H2F2N2OS/c4-2(5)1-3(8)6-7-9-1/h2,8H. The van der Waals surface area contributed by atoms with E-state index < -0.39 is 17.2 Å². The van der Waals surface area contributed by atoms with Crippen molar-refractivity contribution in [1.82, 2.24) is 9.59 Å². The lowest BCUT2D eigenvalue weighted by atomic mass is 10.5. The van der Waals surface area contributed by atoms with Gasteiger partial charge in [-0.1, -0.05) is 9.59 Å². The molecule has 9 heavy (non-hydrogen) atoms. The van der Waals surface area contributed by atoms with E-state index in [1.165, 1.54) is 0 Å². The molecule has 0 radical (unpaired) electrons. The molecule has 1 aromatic rings. The summed E-state index contributed by atoms with van der Waals surface area (Å²) in [6.07, 6.45) is -2.68. The molecule has 50 valence electrons. The van der Waals surface area contributed by atoms with Crippen molar-refractivity contribution in [1.29, 1.82) is 0 Å². The number of hydrogen-bond acceptors (Lipinski definition) is 4. The van der Waals surface area contributed by atoms with Gasteiger partial charge in [-0.2, -0.15) is 0 Å². The molecule has 1 N–H and O–H groups in total. The van der Waals surface area contributed by atoms with Gasteiger partial charge in [-0.15, -0.1) is 0 Å². The second-order valence-corrected chi connectivity index (χ2v) is 2.05. The first-order valence-corrected chi connectivity index (χ1v) is 2.78. The lowest BCUT2D eigenvalue weighted by Crippen LogP contribution is -1.76. The average Bonchev–Trinajstić information content (AvgIpc) is 2.13. The SMILES string of the molecule is Oc1nnsc1C(F)F. The Balaban J connectivity index is 2.94. The Bertz CT molecular complexity index is 201. The second kappa shape index (κ2) is 2.22. The van der Waals surface area contributed by atoms with Gasteiger partial charge in [-0.25, -0.2) is 8.78 Å². The van der Waals surface area contributed by atoms with Crippen LogP contribution in [0.3, 0.4) is 0 Å². The number of halogens is 2. The van der Waals surface area contributed by atoms with E-state index in [9.17, 15) is 8.78 Å². The lowest BCUT2D eigenvalue weighted by Gasteiger charge is -1.88. The van der Waals surface area contributed by atoms with Gasteiger partial charge in [0.2, 0.25) is 0 Å². The first-order valence-electron chi connectivity index (χ1n) is 2.01. The normalized spacial score (nSPS) is 10.6. The zero-order valence-corrected chi connectivity index (χ0v) is 4.90. The van der Waals surface area contributed by atoms with Gasteiger partial charge >= 0.3 is 0 Å². The summed E-state index contributed by atoms with van der Waals surface area (Å²) in [5.41, 5.74) is 0. The van der Waals surface area contributed by atoms with Crippen molar-refractivity contribution < 1.29 is 13.9 Å². The first kappa shape index (κ1) is 6.34. The molecule has 0 aliphatic rings. The van der Waals surface area contributed by atoms with E-state index in [0.29, 0.717) is 11.5 Å². The van der Waals surface area contributed by atoms with Gasteiger partial charge in [-0.3, -0.25) is 0 Å². The molecular weight excluding hydrogens is 150 g/mol. The molecule has 1 aromatic heterocycles. The third-order valence-electron chi connectivity index (χ3n) is 0.693. The maximum absolute atomic E-state index is 11.6. The fourth-order valence-electron chi connectivity index (χ4n) is 0.331. The molecule has 0 fully saturated rings. The molecule has 0 aromatic carbocycles. The van der Waals surface area contributed by atoms with Gasteiger partial charge in [0.05, 0.1) is 0 Å². The minimum atomic E-state index is -2.68. The van der Waals surface area contributed by atoms with Crippen LogP contribution in [-0.2, 0) is 0 Å². The Morgan fingerprint density at radius 3 is 2.44 bits per heavy atom. The number of hydrogen-bond donors (Lipinski definition) is 1. The highest BCUT2D eigenvalue weighted by molar-refractivity contribution is 7.05. The van der Waals surface area contributed by atoms with Crippen LogP contribution in [0.1, 0.15) is 11.3 Å². The van der Waals surface area contributed by atoms with Crippen molar-refractivity contribution in [3.8, 4) is 5.88 Å². The summed E-state index contributed by atoms with van der Waals surface area (Å²) in [6.45, 7) is 0. The number of aromatic nitrogens is 2. The van der Waals surface area contributed by atoms with E-state index in [0.717, 1.165) is 0 Å². The maximum Gasteiger partial charge on any atom is 0.279 e. The monoisotopic (exact) mass is 152 g/mol. The van der Waals surface area contributed by atoms with Crippen LogP contribution in [0.5, 0.6) is 5.88 Å². The molecule has 0 unspecified atom stereocenters. The zero-order chi connectivity index (χ0) is 6.85. The molecule has 1 heterocycles. The quantitative estimate of drug-likeness (QED) is 0.657. The van der Waals surface area contributed by atoms with Crippen molar-refractivity contribution >= 4 is 11.5 Å². The van der Waals surface area contributed by atoms with Gasteiger partial charge in [0.1, 0.15) is 0 Å². The van der Waals surface area contributed by atoms with Gasteiger partial charge in [0.25, 0.3) is 12.3 Å². The van der Waals surface area contributed by atoms with E-state index in [1.807, 2.05) is 0 Å². The molecule has 0 amide bonds. The van der Waals surface area contributed by atoms with Crippen LogP contribution in [0, 0.1) is 0 Å². The molecular formula is C3H2F2N2OS. The van der Waals surface area contributed by atoms with Crippen molar-refractivity contribution in [3.63, 3.8) is 0 Å². The highest BCUT2D eigenvalue weighted by Crippen LogP contribution is 2.28. The van der Waals surface area contributed by atoms with Crippen LogP contribution >= 0.6 is 11.5 Å². The summed E-state index contributed by atoms with van der Waals surface area (Å²) >= 11 is 0.497. The molecule has 0 saturated carbocycles. The summed E-state index contributed by atoms with van der Waals surface area (Å²) < 4.78 is 26.4. The minimum Gasteiger partial charge on any atom is -0.491 e. The number of alkyl halides is 2. The predicted octanol–water partition coefficient (Wildman–Crippen LogP) is 1.18. The molecule has 0 aliphatic heterocycles. The van der Waals surface area contributed by atoms with Crippen LogP contribution in [0.4, 0.5) is 8.78 Å². The van der Waals surface area contributed by atoms with Crippen molar-refractivity contribution in [3.05, 3.63) is 4.88 Å². The van der Waals surface area contributed by atoms with Crippen LogP contribution in [0.2, 0.25) is 0 Å². The fourth-order valence-corrected chi connectivity index (χ4v) is 0.739. The average molecular weight is 152 g/mol. The number of nitrogens with zero attached hydrogens (tertiary/aromatic N) is 2. The van der Waals surface area contributed by atoms with Gasteiger partial charge < -0.3 is 5.11 Å². The summed E-state index contributed by atoms with van der Waals surface area (Å²) in [7, 11) is 0. The molecule has 1 rings (SSSR count). The van der Waals surface area contributed by atoms with E-state index >= 15 is 0 Å². The smallest absolute Gasteiger partial charge is 0.279 e. The zero-order valence-electron chi connectivity index (χ0n) is 4.08. The molecule has 6 heteroatoms. The first-order chi connectivity index (χ1) is 4.22. The molecule has 3 nitrogen and oxygen atoms in total. The van der Waals surface area contributed by atoms with Gasteiger partial charge in [-0.05, 0) is 11.5 Å². The van der Waals surface area contributed by atoms with E-state index in [-0.39, 0.29) is 0 Å². The molecule has 0 spiro atoms. The summed E-state index contributed by atoms with van der Waals surface area (Å²) in [4.78, 5) is -0.477. The van der Waals surface area contributed by atoms with Gasteiger partial charge in [0.15, 0.2) is 4.88 Å². The fraction of sp³-hybridized carbons (Fsp3) is 0.333. The Morgan fingerprint density at radius 2 is 2.22 bits per heavy atom. The van der Waals surface area contributed by atoms with E-state index in [1.54, 1.807) is 0 Å². The van der Waals surface area contributed by atoms with Crippen molar-refractivity contribution in [2.45, 2.75) is 6.43 Å². The lowest BCUT2D eigenvalue weighted by molar-refractivity contribution is 0.151. The highest BCUT2D eigenvalue weighted by atomic mass is 32.1. The van der Waals surface area contributed by atoms with Crippen LogP contribution in [0.15, 0.2) is 0 Å². The van der Waals surface area contributed by atoms with Gasteiger partial charge in [0, 0.05) is 0 Å². The Kier molecular flexibility index (Phi) is 1.56. The largest absolute Gasteiger partial charge is 0.491 e. The highest BCUT2D eigenvalue weighted by Gasteiger charge is 2.16. The van der Waals surface area contributed by atoms with Crippen LogP contribution < -0.4 is 0 Å². The summed E-state index contributed by atoms with van der Waals surface area (Å²) in [5.74, 6) is -0.671. The Morgan fingerprint density at radius 1 is 1.56 bits per heavy atom. The Hall–Kier alpha value is -0.780. The predicted molar refractivity (Wildman–Crippen MR) is 26.5 cm³/mol. The third kappa shape index (κ3) is 1.13. The van der Waals surface area contributed by atoms with Crippen molar-refractivity contribution in [2.24, 2.45) is 0 Å². The third-order valence-corrected chi connectivity index (χ3v) is 1.41. The Labute approximate surface area is 53.1 Å². The second-order valence-electron chi connectivity index (χ2n) is 1.26. The van der Waals surface area contributed by atoms with Crippen LogP contribution in [-0.4, -0.2) is 14.7 Å². The van der Waals surface area contributed by atoms with E-state index in [4.69, 9.17) is 5.11 Å². The number of aromatic hydroxyl groups is 1. The summed E-state index contributed by atoms with van der Waals surface area (Å²) in [6, 6.07) is 0. The number of rotatable bonds is 1. The molecule has 0 atom stereocenters. The minimum absolute atomic E-state index is 0.477. The summed E-state index contributed by atoms with van der Waals surface area (Å²) in [5, 5.41) is 11.5. The molecule has 0 saturated heterocycles. The molecule has 0 aliphatic carbocycles. The maximum atomic E-state index is 11.6. The van der Waals surface area contributed by atoms with Crippen molar-refractivity contribution in [2.75, 3.05) is 0 Å².